The molecule has 1 aromatic rings. The Balaban J connectivity index is 2.06. The van der Waals surface area contributed by atoms with Crippen LogP contribution in [-0.4, -0.2) is 29.4 Å². The molecule has 1 aliphatic heterocycles. The summed E-state index contributed by atoms with van der Waals surface area (Å²) in [6.07, 6.45) is 3.01. The molecule has 90 valence electrons. The van der Waals surface area contributed by atoms with Crippen molar-refractivity contribution >= 4 is 23.4 Å². The normalized spacial score (nSPS) is 19.6. The number of hydrogen-bond acceptors (Lipinski definition) is 3. The van der Waals surface area contributed by atoms with Crippen LogP contribution in [0.3, 0.4) is 0 Å². The smallest absolute Gasteiger partial charge is 0.255 e. The van der Waals surface area contributed by atoms with Crippen molar-refractivity contribution in [1.29, 1.82) is 0 Å². The van der Waals surface area contributed by atoms with Crippen LogP contribution in [0.4, 0.5) is 0 Å². The number of piperidine rings is 1. The van der Waals surface area contributed by atoms with Crippen LogP contribution < -0.4 is 10.6 Å². The van der Waals surface area contributed by atoms with Crippen molar-refractivity contribution in [2.75, 3.05) is 6.54 Å². The summed E-state index contributed by atoms with van der Waals surface area (Å²) in [6, 6.07) is 2.72. The molecule has 1 fully saturated rings. The second-order valence-electron chi connectivity index (χ2n) is 3.80. The Morgan fingerprint density at radius 3 is 3.12 bits per heavy atom. The summed E-state index contributed by atoms with van der Waals surface area (Å²) in [5.41, 5.74) is 0.285. The molecule has 17 heavy (non-hydrogen) atoms. The molecule has 2 amide bonds. The second kappa shape index (κ2) is 5.14. The van der Waals surface area contributed by atoms with Crippen molar-refractivity contribution in [2.45, 2.75) is 18.9 Å². The standard InChI is InChI=1S/C11H12ClN3O2/c12-9-7(3-1-5-13-9)10(16)15-8-4-2-6-14-11(8)17/h1,3,5,8H,2,4,6H2,(H,14,17)(H,15,16). The quantitative estimate of drug-likeness (QED) is 0.764. The zero-order valence-electron chi connectivity index (χ0n) is 9.07. The number of carbonyl (C=O) groups is 2. The summed E-state index contributed by atoms with van der Waals surface area (Å²) in [5, 5.41) is 5.49. The first-order valence-electron chi connectivity index (χ1n) is 5.37. The molecule has 0 aromatic carbocycles. The fraction of sp³-hybridized carbons (Fsp3) is 0.364. The van der Waals surface area contributed by atoms with Crippen molar-refractivity contribution in [3.63, 3.8) is 0 Å². The van der Waals surface area contributed by atoms with Gasteiger partial charge in [0.1, 0.15) is 11.2 Å². The van der Waals surface area contributed by atoms with Gasteiger partial charge in [0, 0.05) is 12.7 Å². The highest BCUT2D eigenvalue weighted by molar-refractivity contribution is 6.32. The predicted octanol–water partition coefficient (Wildman–Crippen LogP) is 0.743. The molecule has 0 bridgehead atoms. The highest BCUT2D eigenvalue weighted by Gasteiger charge is 2.24. The third kappa shape index (κ3) is 2.74. The summed E-state index contributed by atoms with van der Waals surface area (Å²) < 4.78 is 0. The second-order valence-corrected chi connectivity index (χ2v) is 4.16. The zero-order chi connectivity index (χ0) is 12.3. The van der Waals surface area contributed by atoms with Crippen LogP contribution in [0.15, 0.2) is 18.3 Å². The lowest BCUT2D eigenvalue weighted by molar-refractivity contribution is -0.124. The number of halogens is 1. The van der Waals surface area contributed by atoms with E-state index < -0.39 is 6.04 Å². The van der Waals surface area contributed by atoms with E-state index in [2.05, 4.69) is 15.6 Å². The topological polar surface area (TPSA) is 71.1 Å². The molecule has 2 N–H and O–H groups in total. The largest absolute Gasteiger partial charge is 0.354 e. The van der Waals surface area contributed by atoms with Gasteiger partial charge in [-0.25, -0.2) is 4.98 Å². The Morgan fingerprint density at radius 1 is 1.59 bits per heavy atom. The van der Waals surface area contributed by atoms with Gasteiger partial charge in [0.15, 0.2) is 0 Å². The van der Waals surface area contributed by atoms with Gasteiger partial charge < -0.3 is 10.6 Å². The van der Waals surface area contributed by atoms with Gasteiger partial charge in [-0.15, -0.1) is 0 Å². The van der Waals surface area contributed by atoms with Crippen molar-refractivity contribution in [2.24, 2.45) is 0 Å². The average molecular weight is 254 g/mol. The third-order valence-corrected chi connectivity index (χ3v) is 2.90. The predicted molar refractivity (Wildman–Crippen MR) is 62.7 cm³/mol. The number of nitrogens with zero attached hydrogens (tertiary/aromatic N) is 1. The molecule has 1 aliphatic rings. The molecule has 1 atom stereocenters. The van der Waals surface area contributed by atoms with E-state index in [1.807, 2.05) is 0 Å². The van der Waals surface area contributed by atoms with Gasteiger partial charge in [-0.3, -0.25) is 9.59 Å². The summed E-state index contributed by atoms with van der Waals surface area (Å²) in [5.74, 6) is -0.519. The molecule has 0 saturated carbocycles. The van der Waals surface area contributed by atoms with Crippen LogP contribution >= 0.6 is 11.6 Å². The summed E-state index contributed by atoms with van der Waals surface area (Å²) >= 11 is 5.80. The van der Waals surface area contributed by atoms with Crippen LogP contribution in [0.5, 0.6) is 0 Å². The lowest BCUT2D eigenvalue weighted by Gasteiger charge is -2.22. The zero-order valence-corrected chi connectivity index (χ0v) is 9.83. The van der Waals surface area contributed by atoms with Crippen LogP contribution in [-0.2, 0) is 4.79 Å². The van der Waals surface area contributed by atoms with Crippen molar-refractivity contribution in [3.8, 4) is 0 Å². The van der Waals surface area contributed by atoms with Crippen LogP contribution in [0.1, 0.15) is 23.2 Å². The van der Waals surface area contributed by atoms with E-state index in [1.165, 1.54) is 6.20 Å². The van der Waals surface area contributed by atoms with E-state index in [0.717, 1.165) is 6.42 Å². The molecule has 5 nitrogen and oxygen atoms in total. The maximum atomic E-state index is 11.9. The Labute approximate surface area is 104 Å². The Kier molecular flexibility index (Phi) is 3.58. The number of nitrogens with one attached hydrogen (secondary N) is 2. The minimum absolute atomic E-state index is 0.140. The first-order valence-corrected chi connectivity index (χ1v) is 5.75. The van der Waals surface area contributed by atoms with Crippen molar-refractivity contribution in [1.82, 2.24) is 15.6 Å². The molecule has 1 aromatic heterocycles. The molecular weight excluding hydrogens is 242 g/mol. The molecule has 2 heterocycles. The Morgan fingerprint density at radius 2 is 2.41 bits per heavy atom. The lowest BCUT2D eigenvalue weighted by Crippen LogP contribution is -2.50. The molecule has 0 spiro atoms. The SMILES string of the molecule is O=C(NC1CCCNC1=O)c1cccnc1Cl. The lowest BCUT2D eigenvalue weighted by atomic mass is 10.1. The van der Waals surface area contributed by atoms with Crippen LogP contribution in [0.25, 0.3) is 0 Å². The van der Waals surface area contributed by atoms with Gasteiger partial charge in [0.25, 0.3) is 5.91 Å². The molecule has 2 rings (SSSR count). The van der Waals surface area contributed by atoms with E-state index in [0.29, 0.717) is 13.0 Å². The van der Waals surface area contributed by atoms with E-state index in [-0.39, 0.29) is 22.5 Å². The molecule has 0 radical (unpaired) electrons. The maximum Gasteiger partial charge on any atom is 0.255 e. The van der Waals surface area contributed by atoms with E-state index in [9.17, 15) is 9.59 Å². The third-order valence-electron chi connectivity index (χ3n) is 2.59. The minimum atomic E-state index is -0.479. The average Bonchev–Trinajstić information content (AvgIpc) is 2.32. The number of aromatic nitrogens is 1. The van der Waals surface area contributed by atoms with Gasteiger partial charge in [0.2, 0.25) is 5.91 Å². The number of pyridine rings is 1. The van der Waals surface area contributed by atoms with E-state index in [1.54, 1.807) is 12.1 Å². The first kappa shape index (κ1) is 11.9. The fourth-order valence-electron chi connectivity index (χ4n) is 1.70. The van der Waals surface area contributed by atoms with Crippen LogP contribution in [0.2, 0.25) is 5.15 Å². The Hall–Kier alpha value is -1.62. The van der Waals surface area contributed by atoms with Crippen LogP contribution in [0, 0.1) is 0 Å². The number of amides is 2. The van der Waals surface area contributed by atoms with E-state index >= 15 is 0 Å². The highest BCUT2D eigenvalue weighted by atomic mass is 35.5. The highest BCUT2D eigenvalue weighted by Crippen LogP contribution is 2.12. The molecule has 1 saturated heterocycles. The van der Waals surface area contributed by atoms with E-state index in [4.69, 9.17) is 11.6 Å². The van der Waals surface area contributed by atoms with Gasteiger partial charge in [-0.2, -0.15) is 0 Å². The molecule has 6 heteroatoms. The van der Waals surface area contributed by atoms with Gasteiger partial charge >= 0.3 is 0 Å². The minimum Gasteiger partial charge on any atom is -0.354 e. The first-order chi connectivity index (χ1) is 8.18. The van der Waals surface area contributed by atoms with Crippen molar-refractivity contribution in [3.05, 3.63) is 29.0 Å². The summed E-state index contributed by atoms with van der Waals surface area (Å²) in [7, 11) is 0. The van der Waals surface area contributed by atoms with Gasteiger partial charge in [0.05, 0.1) is 5.56 Å². The fourth-order valence-corrected chi connectivity index (χ4v) is 1.91. The van der Waals surface area contributed by atoms with Crippen molar-refractivity contribution < 1.29 is 9.59 Å². The number of hydrogen-bond donors (Lipinski definition) is 2. The van der Waals surface area contributed by atoms with Gasteiger partial charge in [-0.05, 0) is 25.0 Å². The monoisotopic (exact) mass is 253 g/mol. The maximum absolute atomic E-state index is 11.9. The molecule has 0 aliphatic carbocycles. The summed E-state index contributed by atoms with van der Waals surface area (Å²) in [4.78, 5) is 27.2. The number of rotatable bonds is 2. The summed E-state index contributed by atoms with van der Waals surface area (Å²) in [6.45, 7) is 0.666. The molecule has 1 unspecified atom stereocenters. The van der Waals surface area contributed by atoms with Gasteiger partial charge in [-0.1, -0.05) is 11.6 Å². The number of carbonyl (C=O) groups excluding carboxylic acids is 2. The Bertz CT molecular complexity index is 450. The molecular formula is C11H12ClN3O2.